The van der Waals surface area contributed by atoms with E-state index in [1.807, 2.05) is 23.2 Å². The smallest absolute Gasteiger partial charge is 0.0517 e. The summed E-state index contributed by atoms with van der Waals surface area (Å²) in [5.41, 5.74) is 1.10. The van der Waals surface area contributed by atoms with E-state index in [0.717, 1.165) is 18.7 Å². The van der Waals surface area contributed by atoms with Crippen molar-refractivity contribution >= 4 is 5.69 Å². The molecule has 1 aliphatic rings. The Bertz CT molecular complexity index is 307. The Morgan fingerprint density at radius 2 is 1.76 bits per heavy atom. The fraction of sp³-hybridized carbons (Fsp3) is 0.571. The maximum absolute atomic E-state index is 6.03. The first kappa shape index (κ1) is 12.4. The van der Waals surface area contributed by atoms with Gasteiger partial charge in [-0.05, 0) is 51.0 Å². The average Bonchev–Trinajstić information content (AvgIpc) is 2.41. The van der Waals surface area contributed by atoms with Crippen molar-refractivity contribution < 1.29 is 0 Å². The lowest BCUT2D eigenvalue weighted by Crippen LogP contribution is -2.36. The maximum atomic E-state index is 6.03. The normalized spacial score (nSPS) is 17.0. The van der Waals surface area contributed by atoms with Crippen LogP contribution in [0.5, 0.6) is 0 Å². The van der Waals surface area contributed by atoms with Crippen LogP contribution in [0.15, 0.2) is 30.3 Å². The van der Waals surface area contributed by atoms with Gasteiger partial charge in [0.15, 0.2) is 0 Å². The van der Waals surface area contributed by atoms with Crippen molar-refractivity contribution in [3.63, 3.8) is 0 Å². The molecule has 2 rings (SSSR count). The number of rotatable bonds is 5. The molecule has 0 spiro atoms. The molecule has 3 heteroatoms. The van der Waals surface area contributed by atoms with Crippen LogP contribution in [-0.2, 0) is 0 Å². The lowest BCUT2D eigenvalue weighted by Gasteiger charge is -2.27. The standard InChI is InChI=1S/C14H23N3/c15-17(14-8-3-1-4-9-14)13-7-12-16-10-5-2-6-11-16/h1,3-4,8-9H,2,5-7,10-13,15H2. The molecule has 0 saturated carbocycles. The van der Waals surface area contributed by atoms with E-state index in [9.17, 15) is 0 Å². The van der Waals surface area contributed by atoms with E-state index in [4.69, 9.17) is 5.84 Å². The average molecular weight is 233 g/mol. The fourth-order valence-electron chi connectivity index (χ4n) is 2.40. The zero-order valence-electron chi connectivity index (χ0n) is 10.5. The molecular weight excluding hydrogens is 210 g/mol. The van der Waals surface area contributed by atoms with Gasteiger partial charge in [-0.2, -0.15) is 0 Å². The second-order valence-corrected chi connectivity index (χ2v) is 4.78. The summed E-state index contributed by atoms with van der Waals surface area (Å²) in [5, 5.41) is 1.85. The quantitative estimate of drug-likeness (QED) is 0.625. The van der Waals surface area contributed by atoms with Crippen LogP contribution in [-0.4, -0.2) is 31.1 Å². The molecule has 0 atom stereocenters. The van der Waals surface area contributed by atoms with E-state index in [-0.39, 0.29) is 0 Å². The number of anilines is 1. The molecule has 1 aromatic rings. The molecule has 0 bridgehead atoms. The lowest BCUT2D eigenvalue weighted by molar-refractivity contribution is 0.227. The molecule has 0 aromatic heterocycles. The van der Waals surface area contributed by atoms with E-state index in [1.54, 1.807) is 0 Å². The first-order valence-electron chi connectivity index (χ1n) is 6.66. The largest absolute Gasteiger partial charge is 0.311 e. The maximum Gasteiger partial charge on any atom is 0.0517 e. The van der Waals surface area contributed by atoms with E-state index in [1.165, 1.54) is 38.9 Å². The van der Waals surface area contributed by atoms with Crippen LogP contribution in [0.3, 0.4) is 0 Å². The van der Waals surface area contributed by atoms with Gasteiger partial charge in [0.1, 0.15) is 0 Å². The third-order valence-corrected chi connectivity index (χ3v) is 3.41. The zero-order valence-corrected chi connectivity index (χ0v) is 10.5. The Hall–Kier alpha value is -1.06. The van der Waals surface area contributed by atoms with Gasteiger partial charge in [0.05, 0.1) is 5.69 Å². The highest BCUT2D eigenvalue weighted by Gasteiger charge is 2.09. The monoisotopic (exact) mass is 233 g/mol. The summed E-state index contributed by atoms with van der Waals surface area (Å²) in [6.07, 6.45) is 5.28. The fourth-order valence-corrected chi connectivity index (χ4v) is 2.40. The Labute approximate surface area is 104 Å². The predicted octanol–water partition coefficient (Wildman–Crippen LogP) is 2.24. The van der Waals surface area contributed by atoms with Crippen LogP contribution in [0.4, 0.5) is 5.69 Å². The van der Waals surface area contributed by atoms with Crippen molar-refractivity contribution in [2.75, 3.05) is 31.2 Å². The predicted molar refractivity (Wildman–Crippen MR) is 72.9 cm³/mol. The summed E-state index contributed by atoms with van der Waals surface area (Å²) in [6, 6.07) is 10.2. The number of hydrogen-bond donors (Lipinski definition) is 1. The van der Waals surface area contributed by atoms with Crippen LogP contribution in [0, 0.1) is 0 Å². The van der Waals surface area contributed by atoms with Gasteiger partial charge < -0.3 is 9.91 Å². The highest BCUT2D eigenvalue weighted by Crippen LogP contribution is 2.11. The number of hydrazine groups is 1. The second kappa shape index (κ2) is 6.62. The van der Waals surface area contributed by atoms with Crippen LogP contribution < -0.4 is 10.9 Å². The van der Waals surface area contributed by atoms with E-state index in [0.29, 0.717) is 0 Å². The van der Waals surface area contributed by atoms with Gasteiger partial charge in [-0.1, -0.05) is 24.6 Å². The summed E-state index contributed by atoms with van der Waals surface area (Å²) in [6.45, 7) is 4.66. The molecular formula is C14H23N3. The summed E-state index contributed by atoms with van der Waals surface area (Å²) in [5.74, 6) is 6.03. The number of benzene rings is 1. The Morgan fingerprint density at radius 3 is 2.47 bits per heavy atom. The second-order valence-electron chi connectivity index (χ2n) is 4.78. The number of nitrogens with zero attached hydrogens (tertiary/aromatic N) is 2. The van der Waals surface area contributed by atoms with Gasteiger partial charge in [-0.3, -0.25) is 0 Å². The zero-order chi connectivity index (χ0) is 11.9. The Morgan fingerprint density at radius 1 is 1.06 bits per heavy atom. The number of para-hydroxylation sites is 1. The molecule has 0 aliphatic carbocycles. The number of likely N-dealkylation sites (tertiary alicyclic amines) is 1. The third-order valence-electron chi connectivity index (χ3n) is 3.41. The van der Waals surface area contributed by atoms with Gasteiger partial charge in [0.2, 0.25) is 0 Å². The van der Waals surface area contributed by atoms with Crippen molar-refractivity contribution in [3.8, 4) is 0 Å². The third kappa shape index (κ3) is 4.02. The van der Waals surface area contributed by atoms with Crippen molar-refractivity contribution in [3.05, 3.63) is 30.3 Å². The topological polar surface area (TPSA) is 32.5 Å². The number of hydrogen-bond acceptors (Lipinski definition) is 3. The lowest BCUT2D eigenvalue weighted by atomic mass is 10.1. The first-order chi connectivity index (χ1) is 8.36. The van der Waals surface area contributed by atoms with Gasteiger partial charge in [0.25, 0.3) is 0 Å². The van der Waals surface area contributed by atoms with Gasteiger partial charge >= 0.3 is 0 Å². The summed E-state index contributed by atoms with van der Waals surface area (Å²) in [4.78, 5) is 2.56. The summed E-state index contributed by atoms with van der Waals surface area (Å²) in [7, 11) is 0. The highest BCUT2D eigenvalue weighted by atomic mass is 15.4. The molecule has 0 unspecified atom stereocenters. The van der Waals surface area contributed by atoms with Crippen molar-refractivity contribution in [2.45, 2.75) is 25.7 Å². The molecule has 0 radical (unpaired) electrons. The summed E-state index contributed by atoms with van der Waals surface area (Å²) < 4.78 is 0. The minimum absolute atomic E-state index is 0.931. The molecule has 1 fully saturated rings. The SMILES string of the molecule is NN(CCCN1CCCCC1)c1ccccc1. The molecule has 2 N–H and O–H groups in total. The molecule has 0 amide bonds. The minimum atomic E-state index is 0.931. The van der Waals surface area contributed by atoms with Crippen LogP contribution in [0.2, 0.25) is 0 Å². The molecule has 3 nitrogen and oxygen atoms in total. The molecule has 1 aromatic carbocycles. The van der Waals surface area contributed by atoms with Crippen molar-refractivity contribution in [2.24, 2.45) is 5.84 Å². The van der Waals surface area contributed by atoms with Crippen LogP contribution in [0.25, 0.3) is 0 Å². The van der Waals surface area contributed by atoms with Gasteiger partial charge in [0, 0.05) is 6.54 Å². The Kier molecular flexibility index (Phi) is 4.83. The molecule has 94 valence electrons. The van der Waals surface area contributed by atoms with Crippen molar-refractivity contribution in [1.29, 1.82) is 0 Å². The van der Waals surface area contributed by atoms with E-state index in [2.05, 4.69) is 17.0 Å². The summed E-state index contributed by atoms with van der Waals surface area (Å²) >= 11 is 0. The van der Waals surface area contributed by atoms with E-state index >= 15 is 0 Å². The first-order valence-corrected chi connectivity index (χ1v) is 6.66. The minimum Gasteiger partial charge on any atom is -0.311 e. The highest BCUT2D eigenvalue weighted by molar-refractivity contribution is 5.43. The van der Waals surface area contributed by atoms with Crippen LogP contribution >= 0.6 is 0 Å². The molecule has 1 heterocycles. The van der Waals surface area contributed by atoms with Crippen molar-refractivity contribution in [1.82, 2.24) is 4.90 Å². The van der Waals surface area contributed by atoms with Gasteiger partial charge in [-0.15, -0.1) is 0 Å². The Balaban J connectivity index is 1.67. The molecule has 17 heavy (non-hydrogen) atoms. The number of nitrogens with two attached hydrogens (primary N) is 1. The molecule has 1 aliphatic heterocycles. The van der Waals surface area contributed by atoms with Gasteiger partial charge in [-0.25, -0.2) is 5.84 Å². The number of piperidine rings is 1. The van der Waals surface area contributed by atoms with Crippen LogP contribution in [0.1, 0.15) is 25.7 Å². The van der Waals surface area contributed by atoms with E-state index < -0.39 is 0 Å². The molecule has 1 saturated heterocycles.